The number of aromatic nitrogens is 4. The largest absolute Gasteiger partial charge is 0.454 e. The maximum Gasteiger partial charge on any atom is 0.280 e. The molecular formula is C28H19N5O3. The normalized spacial score (nSPS) is 11.4. The minimum absolute atomic E-state index is 0.359. The highest BCUT2D eigenvalue weighted by atomic mass is 16.3. The van der Waals surface area contributed by atoms with Gasteiger partial charge in [-0.1, -0.05) is 48.5 Å². The van der Waals surface area contributed by atoms with Gasteiger partial charge in [-0.15, -0.1) is 0 Å². The van der Waals surface area contributed by atoms with Gasteiger partial charge >= 0.3 is 0 Å². The average Bonchev–Trinajstić information content (AvgIpc) is 3.54. The van der Waals surface area contributed by atoms with Crippen LogP contribution in [0.15, 0.2) is 113 Å². The molecule has 3 aromatic heterocycles. The maximum atomic E-state index is 12.7. The number of para-hydroxylation sites is 3. The molecule has 0 spiro atoms. The molecule has 0 saturated heterocycles. The second-order valence-corrected chi connectivity index (χ2v) is 8.11. The number of fused-ring (bicyclic) bond motifs is 2. The number of nitrogens with zero attached hydrogens (tertiary/aromatic N) is 4. The van der Waals surface area contributed by atoms with E-state index in [9.17, 15) is 9.59 Å². The number of hydrogen-bond donors (Lipinski definition) is 1. The summed E-state index contributed by atoms with van der Waals surface area (Å²) in [6.07, 6.45) is 6.11. The van der Waals surface area contributed by atoms with E-state index in [-0.39, 0.29) is 5.56 Å². The van der Waals surface area contributed by atoms with E-state index < -0.39 is 5.91 Å². The molecule has 1 amide bonds. The molecule has 0 bridgehead atoms. The number of amides is 1. The Balaban J connectivity index is 1.34. The molecule has 8 nitrogen and oxygen atoms in total. The summed E-state index contributed by atoms with van der Waals surface area (Å²) in [6, 6.07) is 26.3. The summed E-state index contributed by atoms with van der Waals surface area (Å²) < 4.78 is 8.85. The first-order valence-electron chi connectivity index (χ1n) is 11.3. The second kappa shape index (κ2) is 8.84. The Morgan fingerprint density at radius 3 is 2.58 bits per heavy atom. The molecule has 3 heterocycles. The Morgan fingerprint density at radius 2 is 1.72 bits per heavy atom. The number of carbonyl (C=O) groups excluding carboxylic acids is 1. The molecule has 0 atom stereocenters. The quantitative estimate of drug-likeness (QED) is 0.364. The molecule has 3 aromatic carbocycles. The van der Waals surface area contributed by atoms with E-state index in [1.54, 1.807) is 35.0 Å². The van der Waals surface area contributed by atoms with Crippen molar-refractivity contribution in [2.75, 3.05) is 5.43 Å². The first-order valence-corrected chi connectivity index (χ1v) is 11.3. The number of hydrogen-bond acceptors (Lipinski definition) is 5. The summed E-state index contributed by atoms with van der Waals surface area (Å²) in [4.78, 5) is 29.6. The summed E-state index contributed by atoms with van der Waals surface area (Å²) in [5.41, 5.74) is 5.64. The van der Waals surface area contributed by atoms with Gasteiger partial charge in [-0.25, -0.2) is 14.3 Å². The van der Waals surface area contributed by atoms with E-state index in [4.69, 9.17) is 9.52 Å². The van der Waals surface area contributed by atoms with Crippen molar-refractivity contribution in [1.82, 2.24) is 19.4 Å². The van der Waals surface area contributed by atoms with E-state index in [0.29, 0.717) is 27.9 Å². The number of rotatable bonds is 5. The van der Waals surface area contributed by atoms with Crippen LogP contribution in [0.25, 0.3) is 45.1 Å². The van der Waals surface area contributed by atoms with Gasteiger partial charge in [-0.2, -0.15) is 5.10 Å². The lowest BCUT2D eigenvalue weighted by Crippen LogP contribution is -2.32. The molecule has 6 aromatic rings. The monoisotopic (exact) mass is 473 g/mol. The highest BCUT2D eigenvalue weighted by Gasteiger charge is 2.15. The number of carbonyl (C=O) groups is 1. The molecule has 1 N–H and O–H groups in total. The van der Waals surface area contributed by atoms with Crippen molar-refractivity contribution in [3.05, 3.63) is 119 Å². The van der Waals surface area contributed by atoms with E-state index in [0.717, 1.165) is 21.3 Å². The molecule has 8 heteroatoms. The van der Waals surface area contributed by atoms with Crippen LogP contribution in [0.3, 0.4) is 0 Å². The van der Waals surface area contributed by atoms with Gasteiger partial charge in [-0.05, 0) is 42.5 Å². The van der Waals surface area contributed by atoms with Crippen LogP contribution in [0.1, 0.15) is 5.56 Å². The molecule has 0 unspecified atom stereocenters. The van der Waals surface area contributed by atoms with Crippen LogP contribution in [0.4, 0.5) is 0 Å². The third-order valence-electron chi connectivity index (χ3n) is 5.73. The van der Waals surface area contributed by atoms with Crippen LogP contribution >= 0.6 is 0 Å². The third-order valence-corrected chi connectivity index (χ3v) is 5.73. The number of benzene rings is 3. The Hall–Kier alpha value is -5.24. The van der Waals surface area contributed by atoms with Crippen molar-refractivity contribution in [1.29, 1.82) is 0 Å². The van der Waals surface area contributed by atoms with Crippen LogP contribution in [-0.2, 0) is 4.79 Å². The van der Waals surface area contributed by atoms with Gasteiger partial charge in [0.05, 0.1) is 16.6 Å². The average molecular weight is 473 g/mol. The van der Waals surface area contributed by atoms with E-state index >= 15 is 0 Å². The lowest BCUT2D eigenvalue weighted by atomic mass is 10.2. The van der Waals surface area contributed by atoms with Gasteiger partial charge in [0.2, 0.25) is 0 Å². The lowest BCUT2D eigenvalue weighted by molar-refractivity contribution is -0.112. The summed E-state index contributed by atoms with van der Waals surface area (Å²) in [5, 5.41) is 6.10. The van der Waals surface area contributed by atoms with Crippen molar-refractivity contribution in [2.45, 2.75) is 0 Å². The van der Waals surface area contributed by atoms with Crippen LogP contribution in [0.5, 0.6) is 0 Å². The minimum Gasteiger partial charge on any atom is -0.454 e. The zero-order valence-electron chi connectivity index (χ0n) is 18.9. The minimum atomic E-state index is -0.489. The van der Waals surface area contributed by atoms with Gasteiger partial charge in [0.1, 0.15) is 17.6 Å². The van der Waals surface area contributed by atoms with E-state index in [1.807, 2.05) is 66.9 Å². The third kappa shape index (κ3) is 3.97. The Bertz CT molecular complexity index is 1780. The Labute approximate surface area is 204 Å². The molecule has 36 heavy (non-hydrogen) atoms. The van der Waals surface area contributed by atoms with Crippen molar-refractivity contribution < 1.29 is 9.21 Å². The molecule has 0 fully saturated rings. The van der Waals surface area contributed by atoms with Crippen LogP contribution in [0, 0.1) is 0 Å². The molecule has 0 saturated carbocycles. The summed E-state index contributed by atoms with van der Waals surface area (Å²) in [7, 11) is 0. The predicted octanol–water partition coefficient (Wildman–Crippen LogP) is 4.78. The number of nitrogens with one attached hydrogen (secondary N) is 1. The SMILES string of the molecule is O=C(/C=C/c1cn(-c2ccccc2)nc1-c1cc2ccccc2o1)Nn1cnc2ccccc2c1=O. The van der Waals surface area contributed by atoms with Crippen molar-refractivity contribution in [3.63, 3.8) is 0 Å². The van der Waals surface area contributed by atoms with Crippen LogP contribution < -0.4 is 11.0 Å². The van der Waals surface area contributed by atoms with Gasteiger partial charge in [0.15, 0.2) is 5.76 Å². The Morgan fingerprint density at radius 1 is 0.944 bits per heavy atom. The summed E-state index contributed by atoms with van der Waals surface area (Å²) >= 11 is 0. The second-order valence-electron chi connectivity index (χ2n) is 8.11. The van der Waals surface area contributed by atoms with Gasteiger partial charge in [0, 0.05) is 23.2 Å². The van der Waals surface area contributed by atoms with Crippen LogP contribution in [0.2, 0.25) is 0 Å². The van der Waals surface area contributed by atoms with Crippen molar-refractivity contribution in [3.8, 4) is 17.1 Å². The standard InChI is InChI=1S/C28H19N5O3/c34-26(30-33-18-29-23-12-6-5-11-22(23)28(33)35)15-14-20-17-32(21-9-2-1-3-10-21)31-27(20)25-16-19-8-4-7-13-24(19)36-25/h1-18H,(H,30,34)/b15-14+. The maximum absolute atomic E-state index is 12.7. The van der Waals surface area contributed by atoms with E-state index in [1.165, 1.54) is 12.4 Å². The fraction of sp³-hybridized carbons (Fsp3) is 0. The molecule has 0 aliphatic heterocycles. The van der Waals surface area contributed by atoms with Crippen molar-refractivity contribution >= 4 is 33.9 Å². The molecule has 174 valence electrons. The fourth-order valence-electron chi connectivity index (χ4n) is 3.98. The van der Waals surface area contributed by atoms with Crippen molar-refractivity contribution in [2.24, 2.45) is 0 Å². The Kier molecular flexibility index (Phi) is 5.23. The van der Waals surface area contributed by atoms with E-state index in [2.05, 4.69) is 10.4 Å². The highest BCUT2D eigenvalue weighted by Crippen LogP contribution is 2.30. The molecule has 6 rings (SSSR count). The van der Waals surface area contributed by atoms with Gasteiger partial charge in [0.25, 0.3) is 11.5 Å². The zero-order chi connectivity index (χ0) is 24.5. The molecule has 0 aliphatic carbocycles. The van der Waals surface area contributed by atoms with Gasteiger partial charge in [-0.3, -0.25) is 15.0 Å². The lowest BCUT2D eigenvalue weighted by Gasteiger charge is -2.06. The number of furan rings is 1. The van der Waals surface area contributed by atoms with Crippen LogP contribution in [-0.4, -0.2) is 25.3 Å². The fourth-order valence-corrected chi connectivity index (χ4v) is 3.98. The summed E-state index contributed by atoms with van der Waals surface area (Å²) in [6.45, 7) is 0. The topological polar surface area (TPSA) is 95.0 Å². The molecule has 0 aliphatic rings. The molecule has 0 radical (unpaired) electrons. The summed E-state index contributed by atoms with van der Waals surface area (Å²) in [5.74, 6) is 0.0955. The predicted molar refractivity (Wildman–Crippen MR) is 138 cm³/mol. The first kappa shape index (κ1) is 21.3. The first-order chi connectivity index (χ1) is 17.7. The molecular weight excluding hydrogens is 454 g/mol. The zero-order valence-corrected chi connectivity index (χ0v) is 18.9. The smallest absolute Gasteiger partial charge is 0.280 e. The van der Waals surface area contributed by atoms with Gasteiger partial charge < -0.3 is 4.42 Å². The highest BCUT2D eigenvalue weighted by molar-refractivity contribution is 5.98.